The zero-order valence-electron chi connectivity index (χ0n) is 16.9. The first kappa shape index (κ1) is 22.3. The summed E-state index contributed by atoms with van der Waals surface area (Å²) in [6.45, 7) is 3.51. The summed E-state index contributed by atoms with van der Waals surface area (Å²) in [6.07, 6.45) is 2.27. The Morgan fingerprint density at radius 1 is 1.18 bits per heavy atom. The Morgan fingerprint density at radius 2 is 1.82 bits per heavy atom. The molecule has 28 heavy (non-hydrogen) atoms. The van der Waals surface area contributed by atoms with Gasteiger partial charge in [0.25, 0.3) is 0 Å². The van der Waals surface area contributed by atoms with Crippen molar-refractivity contribution in [1.82, 2.24) is 10.2 Å². The first-order chi connectivity index (χ1) is 12.9. The Balaban J connectivity index is 0.00000280. The number of piperidine rings is 1. The van der Waals surface area contributed by atoms with Gasteiger partial charge in [0, 0.05) is 43.8 Å². The second-order valence-electron chi connectivity index (χ2n) is 7.39. The SMILES string of the molecule is COc1cc(OC)cc(N2CCC(N(C)C(=O)[C@H]3CCN[C@@H](C)C3)C2=O)c1.Cl. The molecule has 2 aliphatic heterocycles. The summed E-state index contributed by atoms with van der Waals surface area (Å²) in [7, 11) is 4.92. The molecule has 0 bridgehead atoms. The molecule has 0 aromatic heterocycles. The number of nitrogens with zero attached hydrogens (tertiary/aromatic N) is 2. The first-order valence-corrected chi connectivity index (χ1v) is 9.49. The van der Waals surface area contributed by atoms with E-state index in [4.69, 9.17) is 9.47 Å². The van der Waals surface area contributed by atoms with E-state index >= 15 is 0 Å². The van der Waals surface area contributed by atoms with Crippen LogP contribution in [0.15, 0.2) is 18.2 Å². The lowest BCUT2D eigenvalue weighted by Gasteiger charge is -2.32. The topological polar surface area (TPSA) is 71.1 Å². The summed E-state index contributed by atoms with van der Waals surface area (Å²) in [5.74, 6) is 1.28. The number of hydrogen-bond acceptors (Lipinski definition) is 5. The van der Waals surface area contributed by atoms with E-state index in [9.17, 15) is 9.59 Å². The summed E-state index contributed by atoms with van der Waals surface area (Å²) in [6, 6.07) is 5.33. The van der Waals surface area contributed by atoms with Gasteiger partial charge in [0.2, 0.25) is 11.8 Å². The highest BCUT2D eigenvalue weighted by molar-refractivity contribution is 6.01. The van der Waals surface area contributed by atoms with E-state index < -0.39 is 6.04 Å². The normalized spacial score (nSPS) is 24.5. The molecule has 1 unspecified atom stereocenters. The quantitative estimate of drug-likeness (QED) is 0.803. The molecule has 0 spiro atoms. The van der Waals surface area contributed by atoms with Gasteiger partial charge in [-0.15, -0.1) is 12.4 Å². The number of rotatable bonds is 5. The number of nitrogens with one attached hydrogen (secondary N) is 1. The molecule has 3 atom stereocenters. The summed E-state index contributed by atoms with van der Waals surface area (Å²) < 4.78 is 10.6. The van der Waals surface area contributed by atoms with Gasteiger partial charge in [0.15, 0.2) is 0 Å². The smallest absolute Gasteiger partial charge is 0.249 e. The maximum absolute atomic E-state index is 13.0. The second kappa shape index (κ2) is 9.47. The molecular weight excluding hydrogens is 382 g/mol. The van der Waals surface area contributed by atoms with Crippen molar-refractivity contribution in [2.45, 2.75) is 38.3 Å². The van der Waals surface area contributed by atoms with E-state index in [0.717, 1.165) is 25.1 Å². The number of methoxy groups -OCH3 is 2. The molecule has 8 heteroatoms. The number of benzene rings is 1. The molecule has 1 N–H and O–H groups in total. The summed E-state index contributed by atoms with van der Waals surface area (Å²) in [4.78, 5) is 29.3. The van der Waals surface area contributed by atoms with Crippen LogP contribution in [0.3, 0.4) is 0 Å². The second-order valence-corrected chi connectivity index (χ2v) is 7.39. The number of amides is 2. The monoisotopic (exact) mass is 411 g/mol. The Hall–Kier alpha value is -1.99. The predicted octanol–water partition coefficient (Wildman–Crippen LogP) is 2.08. The van der Waals surface area contributed by atoms with E-state index in [0.29, 0.717) is 30.5 Å². The highest BCUT2D eigenvalue weighted by atomic mass is 35.5. The molecule has 0 aliphatic carbocycles. The molecule has 1 aromatic carbocycles. The summed E-state index contributed by atoms with van der Waals surface area (Å²) in [5, 5.41) is 3.36. The van der Waals surface area contributed by atoms with Crippen LogP contribution < -0.4 is 19.7 Å². The number of likely N-dealkylation sites (N-methyl/N-ethyl adjacent to an activating group) is 1. The number of hydrogen-bond donors (Lipinski definition) is 1. The molecule has 0 saturated carbocycles. The van der Waals surface area contributed by atoms with E-state index in [1.807, 2.05) is 12.1 Å². The van der Waals surface area contributed by atoms with Crippen molar-refractivity contribution in [2.75, 3.05) is 39.3 Å². The van der Waals surface area contributed by atoms with Gasteiger partial charge in [0.05, 0.1) is 19.9 Å². The third-order valence-corrected chi connectivity index (χ3v) is 5.61. The van der Waals surface area contributed by atoms with Crippen molar-refractivity contribution in [1.29, 1.82) is 0 Å². The first-order valence-electron chi connectivity index (χ1n) is 9.49. The molecule has 2 saturated heterocycles. The van der Waals surface area contributed by atoms with Crippen LogP contribution in [0.4, 0.5) is 5.69 Å². The summed E-state index contributed by atoms with van der Waals surface area (Å²) in [5.41, 5.74) is 0.732. The van der Waals surface area contributed by atoms with Crippen LogP contribution >= 0.6 is 12.4 Å². The molecule has 7 nitrogen and oxygen atoms in total. The van der Waals surface area contributed by atoms with E-state index in [2.05, 4.69) is 12.2 Å². The summed E-state index contributed by atoms with van der Waals surface area (Å²) >= 11 is 0. The highest BCUT2D eigenvalue weighted by Crippen LogP contribution is 2.32. The zero-order valence-corrected chi connectivity index (χ0v) is 17.8. The van der Waals surface area contributed by atoms with Crippen molar-refractivity contribution in [3.63, 3.8) is 0 Å². The largest absolute Gasteiger partial charge is 0.497 e. The molecule has 2 aliphatic rings. The lowest BCUT2D eigenvalue weighted by molar-refractivity contribution is -0.141. The Morgan fingerprint density at radius 3 is 2.39 bits per heavy atom. The number of carbonyl (C=O) groups excluding carboxylic acids is 2. The van der Waals surface area contributed by atoms with Crippen molar-refractivity contribution < 1.29 is 19.1 Å². The van der Waals surface area contributed by atoms with Crippen LogP contribution in [-0.2, 0) is 9.59 Å². The Labute approximate surface area is 172 Å². The van der Waals surface area contributed by atoms with Crippen LogP contribution in [0.2, 0.25) is 0 Å². The van der Waals surface area contributed by atoms with Crippen LogP contribution in [0.25, 0.3) is 0 Å². The van der Waals surface area contributed by atoms with Gasteiger partial charge in [-0.05, 0) is 32.7 Å². The predicted molar refractivity (Wildman–Crippen MR) is 111 cm³/mol. The lowest BCUT2D eigenvalue weighted by Crippen LogP contribution is -2.48. The number of anilines is 1. The zero-order chi connectivity index (χ0) is 19.6. The van der Waals surface area contributed by atoms with Crippen molar-refractivity contribution in [3.8, 4) is 11.5 Å². The molecule has 1 aromatic rings. The highest BCUT2D eigenvalue weighted by Gasteiger charge is 2.39. The third kappa shape index (κ3) is 4.52. The number of halogens is 1. The fourth-order valence-corrected chi connectivity index (χ4v) is 4.03. The number of carbonyl (C=O) groups is 2. The molecule has 3 rings (SSSR count). The van der Waals surface area contributed by atoms with Crippen LogP contribution in [0.5, 0.6) is 11.5 Å². The molecule has 0 radical (unpaired) electrons. The fourth-order valence-electron chi connectivity index (χ4n) is 4.03. The molecular formula is C20H30ClN3O4. The van der Waals surface area contributed by atoms with E-state index in [1.165, 1.54) is 0 Å². The van der Waals surface area contributed by atoms with Crippen molar-refractivity contribution in [3.05, 3.63) is 18.2 Å². The third-order valence-electron chi connectivity index (χ3n) is 5.61. The standard InChI is InChI=1S/C20H29N3O4.ClH/c1-13-9-14(5-7-21-13)19(24)22(2)18-6-8-23(20(18)25)15-10-16(26-3)12-17(11-15)27-4;/h10-14,18,21H,5-9H2,1-4H3;1H/t13-,14-,18?;/m0./s1. The maximum Gasteiger partial charge on any atom is 0.249 e. The fraction of sp³-hybridized carbons (Fsp3) is 0.600. The maximum atomic E-state index is 13.0. The average Bonchev–Trinajstić information content (AvgIpc) is 3.07. The van der Waals surface area contributed by atoms with Crippen LogP contribution in [0.1, 0.15) is 26.2 Å². The van der Waals surface area contributed by atoms with E-state index in [1.54, 1.807) is 37.1 Å². The minimum absolute atomic E-state index is 0. The van der Waals surface area contributed by atoms with Crippen LogP contribution in [-0.4, -0.2) is 63.2 Å². The molecule has 2 amide bonds. The minimum atomic E-state index is -0.417. The van der Waals surface area contributed by atoms with Gasteiger partial charge in [-0.25, -0.2) is 0 Å². The molecule has 156 valence electrons. The Bertz CT molecular complexity index is 692. The minimum Gasteiger partial charge on any atom is -0.497 e. The van der Waals surface area contributed by atoms with Gasteiger partial charge in [-0.2, -0.15) is 0 Å². The van der Waals surface area contributed by atoms with Gasteiger partial charge < -0.3 is 24.6 Å². The van der Waals surface area contributed by atoms with Crippen molar-refractivity contribution >= 4 is 29.9 Å². The number of ether oxygens (including phenoxy) is 2. The van der Waals surface area contributed by atoms with Gasteiger partial charge in [-0.1, -0.05) is 0 Å². The molecule has 2 heterocycles. The average molecular weight is 412 g/mol. The lowest BCUT2D eigenvalue weighted by atomic mass is 9.91. The van der Waals surface area contributed by atoms with E-state index in [-0.39, 0.29) is 30.1 Å². The Kier molecular flexibility index (Phi) is 7.55. The molecule has 2 fully saturated rings. The van der Waals surface area contributed by atoms with Crippen molar-refractivity contribution in [2.24, 2.45) is 5.92 Å². The van der Waals surface area contributed by atoms with Gasteiger partial charge >= 0.3 is 0 Å². The van der Waals surface area contributed by atoms with Gasteiger partial charge in [-0.3, -0.25) is 9.59 Å². The van der Waals surface area contributed by atoms with Crippen LogP contribution in [0, 0.1) is 5.92 Å². The van der Waals surface area contributed by atoms with Gasteiger partial charge in [0.1, 0.15) is 17.5 Å².